The predicted octanol–water partition coefficient (Wildman–Crippen LogP) is 2.79. The van der Waals surface area contributed by atoms with E-state index in [0.29, 0.717) is 18.1 Å². The minimum atomic E-state index is -3.99. The van der Waals surface area contributed by atoms with E-state index >= 15 is 0 Å². The van der Waals surface area contributed by atoms with Crippen molar-refractivity contribution < 1.29 is 16.8 Å². The second kappa shape index (κ2) is 8.87. The Morgan fingerprint density at radius 1 is 1.11 bits per heavy atom. The number of sulfone groups is 2. The van der Waals surface area contributed by atoms with Crippen molar-refractivity contribution in [3.05, 3.63) is 29.3 Å². The van der Waals surface area contributed by atoms with Crippen LogP contribution in [0.2, 0.25) is 5.02 Å². The zero-order chi connectivity index (χ0) is 20.2. The van der Waals surface area contributed by atoms with E-state index in [4.69, 9.17) is 11.6 Å². The molecule has 0 amide bonds. The first kappa shape index (κ1) is 22.1. The molecule has 150 valence electrons. The lowest BCUT2D eigenvalue weighted by Crippen LogP contribution is -2.28. The summed E-state index contributed by atoms with van der Waals surface area (Å²) < 4.78 is 49.5. The van der Waals surface area contributed by atoms with Crippen molar-refractivity contribution in [2.45, 2.75) is 28.1 Å². The largest absolute Gasteiger partial charge is 0.373 e. The van der Waals surface area contributed by atoms with E-state index in [1.807, 2.05) is 13.8 Å². The number of aromatic nitrogens is 1. The van der Waals surface area contributed by atoms with Gasteiger partial charge in [0.15, 0.2) is 5.03 Å². The normalized spacial score (nSPS) is 12.5. The molecule has 0 unspecified atom stereocenters. The average Bonchev–Trinajstić information content (AvgIpc) is 3.04. The molecule has 1 N–H and O–H groups in total. The number of benzene rings is 1. The zero-order valence-electron chi connectivity index (χ0n) is 15.3. The van der Waals surface area contributed by atoms with Gasteiger partial charge in [-0.3, -0.25) is 0 Å². The van der Waals surface area contributed by atoms with Crippen LogP contribution in [-0.2, 0) is 19.7 Å². The molecule has 0 bridgehead atoms. The number of hydrogen-bond donors (Lipinski definition) is 1. The second-order valence-electron chi connectivity index (χ2n) is 5.80. The molecule has 1 aromatic carbocycles. The fourth-order valence-electron chi connectivity index (χ4n) is 2.33. The smallest absolute Gasteiger partial charge is 0.226 e. The average molecular weight is 452 g/mol. The fraction of sp³-hybridized carbons (Fsp3) is 0.438. The molecule has 1 heterocycles. The Kier molecular flexibility index (Phi) is 7.26. The molecule has 0 atom stereocenters. The second-order valence-corrected chi connectivity index (χ2v) is 11.3. The number of halogens is 1. The van der Waals surface area contributed by atoms with Crippen molar-refractivity contribution in [1.29, 1.82) is 0 Å². The maximum atomic E-state index is 13.0. The van der Waals surface area contributed by atoms with Crippen LogP contribution in [0.5, 0.6) is 0 Å². The highest BCUT2D eigenvalue weighted by atomic mass is 35.5. The number of nitrogens with one attached hydrogen (secondary N) is 1. The minimum Gasteiger partial charge on any atom is -0.373 e. The van der Waals surface area contributed by atoms with E-state index in [1.54, 1.807) is 0 Å². The van der Waals surface area contributed by atoms with Crippen molar-refractivity contribution >= 4 is 47.6 Å². The SMILES string of the molecule is CCN(CC)CCNc1sc(S(C)(=O)=O)nc1S(=O)(=O)c1ccc(Cl)cc1. The summed E-state index contributed by atoms with van der Waals surface area (Å²) in [5.74, 6) is 0. The number of nitrogens with zero attached hydrogens (tertiary/aromatic N) is 2. The lowest BCUT2D eigenvalue weighted by Gasteiger charge is -2.18. The third-order valence-corrected chi connectivity index (χ3v) is 8.65. The number of likely N-dealkylation sites (N-methyl/N-ethyl adjacent to an activating group) is 1. The molecule has 27 heavy (non-hydrogen) atoms. The minimum absolute atomic E-state index is 0.00374. The molecule has 2 aromatic rings. The van der Waals surface area contributed by atoms with Crippen molar-refractivity contribution in [1.82, 2.24) is 9.88 Å². The van der Waals surface area contributed by atoms with Gasteiger partial charge in [-0.1, -0.05) is 36.8 Å². The molecule has 0 aliphatic rings. The molecule has 11 heteroatoms. The first-order chi connectivity index (χ1) is 12.6. The number of thiazole rings is 1. The van der Waals surface area contributed by atoms with E-state index in [-0.39, 0.29) is 19.3 Å². The summed E-state index contributed by atoms with van der Waals surface area (Å²) in [5.41, 5.74) is 0. The highest BCUT2D eigenvalue weighted by Crippen LogP contribution is 2.34. The van der Waals surface area contributed by atoms with Gasteiger partial charge in [0.1, 0.15) is 5.00 Å². The number of rotatable bonds is 9. The standard InChI is InChI=1S/C16H22ClN3O4S3/c1-4-20(5-2)11-10-18-14-15(19-16(25-14)26(3,21)22)27(23,24)13-8-6-12(17)7-9-13/h6-9,18H,4-5,10-11H2,1-3H3. The van der Waals surface area contributed by atoms with E-state index in [2.05, 4.69) is 15.2 Å². The van der Waals surface area contributed by atoms with E-state index in [1.165, 1.54) is 24.3 Å². The van der Waals surface area contributed by atoms with Gasteiger partial charge >= 0.3 is 0 Å². The van der Waals surface area contributed by atoms with Crippen LogP contribution in [0.1, 0.15) is 13.8 Å². The molecule has 0 aliphatic carbocycles. The van der Waals surface area contributed by atoms with Crippen molar-refractivity contribution in [3.63, 3.8) is 0 Å². The van der Waals surface area contributed by atoms with Crippen molar-refractivity contribution in [2.75, 3.05) is 37.8 Å². The molecule has 7 nitrogen and oxygen atoms in total. The molecule has 2 rings (SSSR count). The summed E-state index contributed by atoms with van der Waals surface area (Å²) in [6.45, 7) is 6.97. The van der Waals surface area contributed by atoms with Crippen LogP contribution in [0.4, 0.5) is 5.00 Å². The van der Waals surface area contributed by atoms with Crippen LogP contribution in [-0.4, -0.2) is 59.2 Å². The van der Waals surface area contributed by atoms with Crippen LogP contribution >= 0.6 is 22.9 Å². The molecule has 1 aromatic heterocycles. The Morgan fingerprint density at radius 2 is 1.70 bits per heavy atom. The summed E-state index contributed by atoms with van der Waals surface area (Å²) in [5, 5.41) is 3.38. The van der Waals surface area contributed by atoms with Crippen LogP contribution < -0.4 is 5.32 Å². The van der Waals surface area contributed by atoms with Gasteiger partial charge in [-0.15, -0.1) is 0 Å². The maximum absolute atomic E-state index is 13.0. The van der Waals surface area contributed by atoms with Crippen molar-refractivity contribution in [2.24, 2.45) is 0 Å². The van der Waals surface area contributed by atoms with Gasteiger partial charge in [-0.2, -0.15) is 0 Å². The Labute approximate surface area is 169 Å². The molecular formula is C16H22ClN3O4S3. The summed E-state index contributed by atoms with van der Waals surface area (Å²) >= 11 is 6.65. The molecule has 0 fully saturated rings. The third-order valence-electron chi connectivity index (χ3n) is 3.88. The first-order valence-electron chi connectivity index (χ1n) is 8.27. The lowest BCUT2D eigenvalue weighted by atomic mass is 10.4. The highest BCUT2D eigenvalue weighted by Gasteiger charge is 2.29. The zero-order valence-corrected chi connectivity index (χ0v) is 18.5. The van der Waals surface area contributed by atoms with Crippen LogP contribution in [0.3, 0.4) is 0 Å². The van der Waals surface area contributed by atoms with Crippen LogP contribution in [0, 0.1) is 0 Å². The van der Waals surface area contributed by atoms with E-state index < -0.39 is 19.7 Å². The Bertz CT molecular complexity index is 982. The molecule has 0 saturated heterocycles. The summed E-state index contributed by atoms with van der Waals surface area (Å²) in [4.78, 5) is 6.09. The summed E-state index contributed by atoms with van der Waals surface area (Å²) in [7, 11) is -7.62. The highest BCUT2D eigenvalue weighted by molar-refractivity contribution is 7.93. The summed E-state index contributed by atoms with van der Waals surface area (Å²) in [6.07, 6.45) is 1.00. The van der Waals surface area contributed by atoms with Crippen molar-refractivity contribution in [3.8, 4) is 0 Å². The van der Waals surface area contributed by atoms with Gasteiger partial charge in [0, 0.05) is 24.4 Å². The number of hydrogen-bond acceptors (Lipinski definition) is 8. The van der Waals surface area contributed by atoms with Gasteiger partial charge in [0.25, 0.3) is 0 Å². The van der Waals surface area contributed by atoms with Gasteiger partial charge in [0.05, 0.1) is 4.90 Å². The van der Waals surface area contributed by atoms with E-state index in [9.17, 15) is 16.8 Å². The van der Waals surface area contributed by atoms with Gasteiger partial charge in [-0.25, -0.2) is 21.8 Å². The Morgan fingerprint density at radius 3 is 2.22 bits per heavy atom. The summed E-state index contributed by atoms with van der Waals surface area (Å²) in [6, 6.07) is 5.67. The molecule has 0 radical (unpaired) electrons. The van der Waals surface area contributed by atoms with Gasteiger partial charge in [-0.05, 0) is 37.4 Å². The maximum Gasteiger partial charge on any atom is 0.226 e. The van der Waals surface area contributed by atoms with Gasteiger partial charge in [0.2, 0.25) is 24.0 Å². The van der Waals surface area contributed by atoms with Gasteiger partial charge < -0.3 is 10.2 Å². The quantitative estimate of drug-likeness (QED) is 0.626. The number of anilines is 1. The fourth-order valence-corrected chi connectivity index (χ4v) is 6.01. The Balaban J connectivity index is 2.41. The first-order valence-corrected chi connectivity index (χ1v) is 12.8. The third kappa shape index (κ3) is 5.41. The molecular weight excluding hydrogens is 430 g/mol. The molecule has 0 saturated carbocycles. The van der Waals surface area contributed by atoms with Crippen LogP contribution in [0.15, 0.2) is 38.5 Å². The van der Waals surface area contributed by atoms with Crippen LogP contribution in [0.25, 0.3) is 0 Å². The Hall–Kier alpha value is -1.20. The topological polar surface area (TPSA) is 96.4 Å². The molecule has 0 aliphatic heterocycles. The monoisotopic (exact) mass is 451 g/mol. The van der Waals surface area contributed by atoms with E-state index in [0.717, 1.165) is 30.7 Å². The molecule has 0 spiro atoms. The predicted molar refractivity (Wildman–Crippen MR) is 108 cm³/mol. The lowest BCUT2D eigenvalue weighted by molar-refractivity contribution is 0.316.